The largest absolute Gasteiger partial charge is 0.481 e. The Bertz CT molecular complexity index is 352. The molecule has 3 nitrogen and oxygen atoms in total. The predicted molar refractivity (Wildman–Crippen MR) is 43.6 cm³/mol. The molecule has 1 aromatic rings. The molecule has 2 N–H and O–H groups in total. The van der Waals surface area contributed by atoms with Gasteiger partial charge in [0.05, 0.1) is 12.5 Å². The maximum Gasteiger partial charge on any atom is 0.306 e. The molecular formula is C9H8F2O3. The summed E-state index contributed by atoms with van der Waals surface area (Å²) in [6.45, 7) is 0. The van der Waals surface area contributed by atoms with E-state index >= 15 is 0 Å². The molecule has 0 unspecified atom stereocenters. The van der Waals surface area contributed by atoms with Crippen LogP contribution in [0.25, 0.3) is 0 Å². The van der Waals surface area contributed by atoms with Gasteiger partial charge in [-0.25, -0.2) is 8.78 Å². The lowest BCUT2D eigenvalue weighted by atomic mass is 10.1. The third-order valence-corrected chi connectivity index (χ3v) is 1.69. The third kappa shape index (κ3) is 2.50. The van der Waals surface area contributed by atoms with Crippen LogP contribution in [0.5, 0.6) is 0 Å². The molecule has 5 heteroatoms. The van der Waals surface area contributed by atoms with E-state index in [9.17, 15) is 18.7 Å². The van der Waals surface area contributed by atoms with Crippen LogP contribution in [-0.4, -0.2) is 16.2 Å². The van der Waals surface area contributed by atoms with Crippen molar-refractivity contribution in [3.05, 3.63) is 35.4 Å². The summed E-state index contributed by atoms with van der Waals surface area (Å²) in [4.78, 5) is 10.2. The quantitative estimate of drug-likeness (QED) is 0.780. The summed E-state index contributed by atoms with van der Waals surface area (Å²) in [6.07, 6.45) is -2.18. The van der Waals surface area contributed by atoms with E-state index in [0.29, 0.717) is 0 Å². The number of aliphatic carboxylic acids is 1. The van der Waals surface area contributed by atoms with Crippen LogP contribution in [-0.2, 0) is 4.79 Å². The first-order chi connectivity index (χ1) is 6.50. The minimum absolute atomic E-state index is 0.340. The molecule has 76 valence electrons. The molecule has 0 saturated carbocycles. The highest BCUT2D eigenvalue weighted by Gasteiger charge is 2.16. The van der Waals surface area contributed by atoms with Gasteiger partial charge in [0.1, 0.15) is 11.6 Å². The van der Waals surface area contributed by atoms with Gasteiger partial charge < -0.3 is 10.2 Å². The molecule has 0 bridgehead atoms. The number of carboxylic acids is 1. The lowest BCUT2D eigenvalue weighted by Crippen LogP contribution is -2.07. The molecular weight excluding hydrogens is 194 g/mol. The van der Waals surface area contributed by atoms with Crippen molar-refractivity contribution < 1.29 is 23.8 Å². The van der Waals surface area contributed by atoms with Gasteiger partial charge in [-0.1, -0.05) is 0 Å². The van der Waals surface area contributed by atoms with Gasteiger partial charge in [-0.2, -0.15) is 0 Å². The Balaban J connectivity index is 2.93. The summed E-state index contributed by atoms with van der Waals surface area (Å²) < 4.78 is 25.6. The standard InChI is InChI=1S/C9H8F2O3/c10-5-1-2-7(11)6(3-5)8(12)4-9(13)14/h1-3,8,12H,4H2,(H,13,14)/t8-/m1/s1. The highest BCUT2D eigenvalue weighted by atomic mass is 19.1. The van der Waals surface area contributed by atoms with Crippen LogP contribution in [0.4, 0.5) is 8.78 Å². The van der Waals surface area contributed by atoms with Crippen LogP contribution < -0.4 is 0 Å². The van der Waals surface area contributed by atoms with Crippen molar-refractivity contribution >= 4 is 5.97 Å². The second-order valence-corrected chi connectivity index (χ2v) is 2.78. The molecule has 0 amide bonds. The van der Waals surface area contributed by atoms with Gasteiger partial charge in [-0.15, -0.1) is 0 Å². The molecule has 1 rings (SSSR count). The van der Waals surface area contributed by atoms with E-state index in [2.05, 4.69) is 0 Å². The zero-order chi connectivity index (χ0) is 10.7. The Labute approximate surface area is 78.6 Å². The van der Waals surface area contributed by atoms with Crippen molar-refractivity contribution in [1.82, 2.24) is 0 Å². The Morgan fingerprint density at radius 2 is 2.07 bits per heavy atom. The van der Waals surface area contributed by atoms with Crippen molar-refractivity contribution in [3.63, 3.8) is 0 Å². The van der Waals surface area contributed by atoms with E-state index in [1.54, 1.807) is 0 Å². The van der Waals surface area contributed by atoms with Gasteiger partial charge in [-0.05, 0) is 18.2 Å². The number of aliphatic hydroxyl groups excluding tert-OH is 1. The van der Waals surface area contributed by atoms with E-state index in [0.717, 1.165) is 18.2 Å². The lowest BCUT2D eigenvalue weighted by Gasteiger charge is -2.08. The van der Waals surface area contributed by atoms with Crippen LogP contribution in [0.1, 0.15) is 18.1 Å². The Morgan fingerprint density at radius 1 is 1.43 bits per heavy atom. The number of carboxylic acid groups (broad SMARTS) is 1. The highest BCUT2D eigenvalue weighted by Crippen LogP contribution is 2.20. The van der Waals surface area contributed by atoms with Gasteiger partial charge in [0.2, 0.25) is 0 Å². The molecule has 1 atom stereocenters. The van der Waals surface area contributed by atoms with Crippen LogP contribution in [0.2, 0.25) is 0 Å². The number of aliphatic hydroxyl groups is 1. The van der Waals surface area contributed by atoms with Crippen molar-refractivity contribution in [3.8, 4) is 0 Å². The van der Waals surface area contributed by atoms with Crippen molar-refractivity contribution in [1.29, 1.82) is 0 Å². The number of rotatable bonds is 3. The maximum atomic E-state index is 13.0. The summed E-state index contributed by atoms with van der Waals surface area (Å²) in [5.74, 6) is -2.81. The zero-order valence-electron chi connectivity index (χ0n) is 7.08. The van der Waals surface area contributed by atoms with Crippen molar-refractivity contribution in [2.45, 2.75) is 12.5 Å². The van der Waals surface area contributed by atoms with Gasteiger partial charge in [0, 0.05) is 5.56 Å². The van der Waals surface area contributed by atoms with Crippen LogP contribution >= 0.6 is 0 Å². The Kier molecular flexibility index (Phi) is 3.14. The predicted octanol–water partition coefficient (Wildman–Crippen LogP) is 1.47. The summed E-state index contributed by atoms with van der Waals surface area (Å²) in [6, 6.07) is 2.52. The zero-order valence-corrected chi connectivity index (χ0v) is 7.08. The summed E-state index contributed by atoms with van der Waals surface area (Å²) in [5, 5.41) is 17.5. The normalized spacial score (nSPS) is 12.5. The molecule has 0 radical (unpaired) electrons. The first kappa shape index (κ1) is 10.6. The molecule has 1 aromatic carbocycles. The highest BCUT2D eigenvalue weighted by molar-refractivity contribution is 5.67. The van der Waals surface area contributed by atoms with Gasteiger partial charge in [0.15, 0.2) is 0 Å². The average molecular weight is 202 g/mol. The number of benzene rings is 1. The second kappa shape index (κ2) is 4.15. The van der Waals surface area contributed by atoms with Crippen LogP contribution in [0.3, 0.4) is 0 Å². The van der Waals surface area contributed by atoms with E-state index in [1.165, 1.54) is 0 Å². The Hall–Kier alpha value is -1.49. The molecule has 0 aromatic heterocycles. The minimum atomic E-state index is -1.52. The lowest BCUT2D eigenvalue weighted by molar-refractivity contribution is -0.139. The third-order valence-electron chi connectivity index (χ3n) is 1.69. The SMILES string of the molecule is O=C(O)C[C@@H](O)c1cc(F)ccc1F. The molecule has 0 spiro atoms. The number of hydrogen-bond acceptors (Lipinski definition) is 2. The van der Waals surface area contributed by atoms with Crippen LogP contribution in [0.15, 0.2) is 18.2 Å². The first-order valence-electron chi connectivity index (χ1n) is 3.85. The van der Waals surface area contributed by atoms with Crippen molar-refractivity contribution in [2.24, 2.45) is 0 Å². The number of carbonyl (C=O) groups is 1. The van der Waals surface area contributed by atoms with E-state index in [1.807, 2.05) is 0 Å². The average Bonchev–Trinajstić information content (AvgIpc) is 2.08. The number of halogens is 2. The van der Waals surface area contributed by atoms with Gasteiger partial charge >= 0.3 is 5.97 Å². The van der Waals surface area contributed by atoms with E-state index < -0.39 is 30.1 Å². The fourth-order valence-electron chi connectivity index (χ4n) is 1.05. The summed E-state index contributed by atoms with van der Waals surface area (Å²) in [5.41, 5.74) is -0.340. The number of hydrogen-bond donors (Lipinski definition) is 2. The summed E-state index contributed by atoms with van der Waals surface area (Å²) in [7, 11) is 0. The van der Waals surface area contributed by atoms with E-state index in [4.69, 9.17) is 5.11 Å². The minimum Gasteiger partial charge on any atom is -0.481 e. The maximum absolute atomic E-state index is 13.0. The summed E-state index contributed by atoms with van der Waals surface area (Å²) >= 11 is 0. The first-order valence-corrected chi connectivity index (χ1v) is 3.85. The van der Waals surface area contributed by atoms with Gasteiger partial charge in [0.25, 0.3) is 0 Å². The Morgan fingerprint density at radius 3 is 2.64 bits per heavy atom. The monoisotopic (exact) mass is 202 g/mol. The second-order valence-electron chi connectivity index (χ2n) is 2.78. The molecule has 0 aliphatic rings. The topological polar surface area (TPSA) is 57.5 Å². The molecule has 0 fully saturated rings. The van der Waals surface area contributed by atoms with Crippen LogP contribution in [0, 0.1) is 11.6 Å². The molecule has 0 aliphatic heterocycles. The smallest absolute Gasteiger partial charge is 0.306 e. The fraction of sp³-hybridized carbons (Fsp3) is 0.222. The molecule has 14 heavy (non-hydrogen) atoms. The van der Waals surface area contributed by atoms with E-state index in [-0.39, 0.29) is 5.56 Å². The van der Waals surface area contributed by atoms with Crippen molar-refractivity contribution in [2.75, 3.05) is 0 Å². The molecule has 0 aliphatic carbocycles. The fourth-order valence-corrected chi connectivity index (χ4v) is 1.05. The molecule has 0 saturated heterocycles. The molecule has 0 heterocycles. The van der Waals surface area contributed by atoms with Gasteiger partial charge in [-0.3, -0.25) is 4.79 Å².